The van der Waals surface area contributed by atoms with Gasteiger partial charge in [-0.2, -0.15) is 0 Å². The molecule has 18 nitrogen and oxygen atoms in total. The number of aromatic nitrogens is 10. The van der Waals surface area contributed by atoms with Crippen LogP contribution in [0.2, 0.25) is 0 Å². The summed E-state index contributed by atoms with van der Waals surface area (Å²) in [5, 5.41) is 0. The number of rotatable bonds is 6. The molecule has 0 amide bonds. The molecule has 2 saturated carbocycles. The zero-order valence-corrected chi connectivity index (χ0v) is 33.6. The Labute approximate surface area is 329 Å². The van der Waals surface area contributed by atoms with Crippen molar-refractivity contribution in [3.05, 3.63) is 83.3 Å². The van der Waals surface area contributed by atoms with Crippen molar-refractivity contribution in [1.82, 2.24) is 45.4 Å². The first-order valence-electron chi connectivity index (χ1n) is 19.6. The SMILES string of the molecule is c1cnc2c(n1)C1=NC2=Nc2c3nccnc3c3[n]2[Sn]([O]CC2CCCCC2)([O]CC2CCCCC2)[n]2c(c4nccnc4c2=NC2=NC(=N3)c3nccnc32)=N1. The first kappa shape index (κ1) is 33.5. The van der Waals surface area contributed by atoms with Gasteiger partial charge < -0.3 is 0 Å². The molecule has 57 heavy (non-hydrogen) atoms. The van der Waals surface area contributed by atoms with E-state index in [4.69, 9.17) is 76.0 Å². The third-order valence-electron chi connectivity index (χ3n) is 11.6. The molecule has 2 aliphatic carbocycles. The van der Waals surface area contributed by atoms with E-state index in [1.165, 1.54) is 12.8 Å². The van der Waals surface area contributed by atoms with Crippen molar-refractivity contribution < 1.29 is 6.15 Å². The summed E-state index contributed by atoms with van der Waals surface area (Å²) in [4.78, 5) is 69.8. The van der Waals surface area contributed by atoms with E-state index >= 15 is 0 Å². The van der Waals surface area contributed by atoms with Crippen LogP contribution < -0.4 is 11.0 Å². The summed E-state index contributed by atoms with van der Waals surface area (Å²) in [6.07, 6.45) is 24.4. The maximum absolute atomic E-state index is 7.74. The van der Waals surface area contributed by atoms with Crippen molar-refractivity contribution in [2.75, 3.05) is 13.2 Å². The van der Waals surface area contributed by atoms with Gasteiger partial charge in [-0.1, -0.05) is 0 Å². The van der Waals surface area contributed by atoms with Crippen LogP contribution in [0.3, 0.4) is 0 Å². The van der Waals surface area contributed by atoms with Crippen molar-refractivity contribution in [3.8, 4) is 0 Å². The molecule has 6 bridgehead atoms. The zero-order valence-electron chi connectivity index (χ0n) is 30.7. The number of hydrogen-bond acceptors (Lipinski definition) is 16. The van der Waals surface area contributed by atoms with E-state index < -0.39 is 19.8 Å². The topological polar surface area (TPSA) is 206 Å². The van der Waals surface area contributed by atoms with Gasteiger partial charge >= 0.3 is 331 Å². The van der Waals surface area contributed by atoms with Crippen LogP contribution in [-0.2, 0) is 6.15 Å². The molecule has 0 N–H and O–H groups in total. The van der Waals surface area contributed by atoms with Gasteiger partial charge in [-0.15, -0.1) is 0 Å². The minimum atomic E-state index is -5.53. The molecular weight excluding hydrogens is 831 g/mol. The molecule has 12 rings (SSSR count). The van der Waals surface area contributed by atoms with E-state index in [-0.39, 0.29) is 0 Å². The van der Waals surface area contributed by atoms with Gasteiger partial charge in [0, 0.05) is 0 Å². The molecule has 6 aliphatic rings. The molecule has 0 saturated heterocycles. The molecule has 19 heteroatoms. The molecule has 6 aromatic rings. The zero-order chi connectivity index (χ0) is 37.5. The fraction of sp³-hybridized carbons (Fsp3) is 0.368. The van der Waals surface area contributed by atoms with Crippen LogP contribution in [0.5, 0.6) is 0 Å². The summed E-state index contributed by atoms with van der Waals surface area (Å²) in [5.41, 5.74) is 4.77. The third kappa shape index (κ3) is 5.22. The molecule has 0 atom stereocenters. The van der Waals surface area contributed by atoms with Crippen molar-refractivity contribution in [3.63, 3.8) is 0 Å². The Bertz CT molecular complexity index is 2730. The van der Waals surface area contributed by atoms with Gasteiger partial charge in [-0.3, -0.25) is 0 Å². The summed E-state index contributed by atoms with van der Waals surface area (Å²) < 4.78 is 19.6. The Hall–Kier alpha value is -5.60. The van der Waals surface area contributed by atoms with E-state index in [0.29, 0.717) is 116 Å². The summed E-state index contributed by atoms with van der Waals surface area (Å²) in [7, 11) is 0. The average molecular weight is 866 g/mol. The van der Waals surface area contributed by atoms with Gasteiger partial charge in [0.1, 0.15) is 0 Å². The predicted octanol–water partition coefficient (Wildman–Crippen LogP) is 3.73. The Morgan fingerprint density at radius 1 is 0.421 bits per heavy atom. The molecule has 282 valence electrons. The Kier molecular flexibility index (Phi) is 7.79. The third-order valence-corrected chi connectivity index (χ3v) is 20.4. The Morgan fingerprint density at radius 3 is 1.21 bits per heavy atom. The summed E-state index contributed by atoms with van der Waals surface area (Å²) >= 11 is -5.53. The van der Waals surface area contributed by atoms with Gasteiger partial charge in [0.25, 0.3) is 0 Å². The van der Waals surface area contributed by atoms with Gasteiger partial charge in [0.2, 0.25) is 0 Å². The van der Waals surface area contributed by atoms with Crippen LogP contribution in [0.4, 0.5) is 11.6 Å². The van der Waals surface area contributed by atoms with Crippen molar-refractivity contribution in [2.24, 2.45) is 41.8 Å². The molecular formula is C38H34N16O2Sn. The number of nitrogens with zero attached hydrogens (tertiary/aromatic N) is 16. The molecule has 0 spiro atoms. The Balaban J connectivity index is 1.29. The van der Waals surface area contributed by atoms with E-state index in [9.17, 15) is 0 Å². The summed E-state index contributed by atoms with van der Waals surface area (Å²) in [6, 6.07) is 0. The monoisotopic (exact) mass is 866 g/mol. The van der Waals surface area contributed by atoms with Gasteiger partial charge in [0.15, 0.2) is 0 Å². The first-order chi connectivity index (χ1) is 28.2. The fourth-order valence-electron chi connectivity index (χ4n) is 8.92. The quantitative estimate of drug-likeness (QED) is 0.222. The summed E-state index contributed by atoms with van der Waals surface area (Å²) in [5.74, 6) is 2.79. The van der Waals surface area contributed by atoms with E-state index in [2.05, 4.69) is 0 Å². The van der Waals surface area contributed by atoms with Crippen molar-refractivity contribution in [1.29, 1.82) is 0 Å². The second-order valence-electron chi connectivity index (χ2n) is 15.1. The van der Waals surface area contributed by atoms with E-state index in [0.717, 1.165) is 51.4 Å². The number of aliphatic imine (C=N–C) groups is 4. The normalized spacial score (nSPS) is 19.5. The number of fused-ring (bicyclic) bond motifs is 14. The standard InChI is InChI=1S/C24H8N16.2C7H13O.Sn/c1-2-26-10-9(25-1)17-33-18(10)38-20-13-14(30-6-5-29-13)22(35-20)40-24-16-15(31-7-8-32-16)23(36-24)39-21-12-11(19(34-21)37-17)27-3-4-28-12;2*8-6-7-4-2-1-3-5-7;/h1-8H;2*7H,1-6H2;/q-2;2*-1;+4. The van der Waals surface area contributed by atoms with Crippen LogP contribution in [0.25, 0.3) is 22.1 Å². The van der Waals surface area contributed by atoms with Gasteiger partial charge in [0.05, 0.1) is 0 Å². The molecule has 10 heterocycles. The van der Waals surface area contributed by atoms with Crippen molar-refractivity contribution >= 4 is 76.8 Å². The number of hydrogen-bond donors (Lipinski definition) is 0. The fourth-order valence-corrected chi connectivity index (χ4v) is 18.6. The van der Waals surface area contributed by atoms with Crippen LogP contribution in [0.15, 0.2) is 79.5 Å². The molecule has 0 unspecified atom stereocenters. The average Bonchev–Trinajstić information content (AvgIpc) is 3.98. The predicted molar refractivity (Wildman–Crippen MR) is 209 cm³/mol. The summed E-state index contributed by atoms with van der Waals surface area (Å²) in [6.45, 7) is 0.899. The minimum absolute atomic E-state index is 0.318. The molecule has 2 fully saturated rings. The van der Waals surface area contributed by atoms with Crippen LogP contribution >= 0.6 is 0 Å². The van der Waals surface area contributed by atoms with Crippen molar-refractivity contribution in [2.45, 2.75) is 64.2 Å². The first-order valence-corrected chi connectivity index (χ1v) is 24.5. The molecule has 0 aromatic carbocycles. The number of amidine groups is 4. The van der Waals surface area contributed by atoms with E-state index in [1.54, 1.807) is 49.6 Å². The van der Waals surface area contributed by atoms with E-state index in [1.807, 2.05) is 5.58 Å². The molecule has 0 radical (unpaired) electrons. The van der Waals surface area contributed by atoms with Crippen LogP contribution in [-0.4, -0.2) is 102 Å². The Morgan fingerprint density at radius 2 is 0.789 bits per heavy atom. The molecule has 4 aliphatic heterocycles. The van der Waals surface area contributed by atoms with Crippen LogP contribution in [0, 0.1) is 11.8 Å². The second kappa shape index (κ2) is 13.2. The molecule has 6 aromatic heterocycles. The van der Waals surface area contributed by atoms with Gasteiger partial charge in [-0.05, 0) is 0 Å². The van der Waals surface area contributed by atoms with Crippen LogP contribution in [0.1, 0.15) is 87.0 Å². The second-order valence-corrected chi connectivity index (χ2v) is 22.5. The van der Waals surface area contributed by atoms with Gasteiger partial charge in [-0.25, -0.2) is 0 Å². The maximum atomic E-state index is 7.74.